The molecule has 0 aliphatic carbocycles. The zero-order valence-electron chi connectivity index (χ0n) is 12.4. The van der Waals surface area contributed by atoms with Crippen LogP contribution < -0.4 is 10.1 Å². The van der Waals surface area contributed by atoms with Crippen molar-refractivity contribution in [2.45, 2.75) is 0 Å². The summed E-state index contributed by atoms with van der Waals surface area (Å²) in [6.45, 7) is 0. The molecule has 1 amide bonds. The fourth-order valence-corrected chi connectivity index (χ4v) is 2.84. The maximum absolute atomic E-state index is 12.6. The number of rotatable bonds is 2. The average molecular weight is 364 g/mol. The minimum atomic E-state index is -0.532. The van der Waals surface area contributed by atoms with E-state index in [-0.39, 0.29) is 15.4 Å². The Bertz CT molecular complexity index is 989. The molecule has 3 rings (SSSR count). The molecule has 0 radical (unpaired) electrons. The van der Waals surface area contributed by atoms with Gasteiger partial charge in [0.1, 0.15) is 11.1 Å². The van der Waals surface area contributed by atoms with Crippen LogP contribution in [-0.4, -0.2) is 27.9 Å². The number of aromatic nitrogens is 2. The van der Waals surface area contributed by atoms with E-state index in [1.807, 2.05) is 0 Å². The zero-order chi connectivity index (χ0) is 17.3. The van der Waals surface area contributed by atoms with Crippen molar-refractivity contribution in [1.29, 1.82) is 0 Å². The quantitative estimate of drug-likeness (QED) is 0.708. The Morgan fingerprint density at radius 2 is 1.92 bits per heavy atom. The molecule has 2 aromatic heterocycles. The van der Waals surface area contributed by atoms with Gasteiger partial charge in [-0.05, 0) is 18.2 Å². The van der Waals surface area contributed by atoms with E-state index in [1.165, 1.54) is 12.4 Å². The molecule has 1 N–H and O–H groups in total. The van der Waals surface area contributed by atoms with Crippen LogP contribution in [0, 0.1) is 0 Å². The first-order valence-corrected chi connectivity index (χ1v) is 7.53. The average Bonchev–Trinajstić information content (AvgIpc) is 2.56. The molecule has 0 aliphatic heterocycles. The summed E-state index contributed by atoms with van der Waals surface area (Å²) in [6.07, 6.45) is 5.55. The van der Waals surface area contributed by atoms with E-state index in [1.54, 1.807) is 37.7 Å². The van der Waals surface area contributed by atoms with Gasteiger partial charge < -0.3 is 9.94 Å². The van der Waals surface area contributed by atoms with Crippen LogP contribution in [0.25, 0.3) is 10.8 Å². The number of amides is 1. The van der Waals surface area contributed by atoms with E-state index in [0.717, 1.165) is 5.39 Å². The van der Waals surface area contributed by atoms with Crippen LogP contribution in [0.3, 0.4) is 0 Å². The third-order valence-electron chi connectivity index (χ3n) is 3.39. The summed E-state index contributed by atoms with van der Waals surface area (Å²) in [5.74, 6) is 0.0937. The van der Waals surface area contributed by atoms with Crippen molar-refractivity contribution in [1.82, 2.24) is 9.71 Å². The Kier molecular flexibility index (Phi) is 4.42. The summed E-state index contributed by atoms with van der Waals surface area (Å²) in [5, 5.41) is 10.9. The van der Waals surface area contributed by atoms with Crippen molar-refractivity contribution < 1.29 is 14.7 Å². The van der Waals surface area contributed by atoms with E-state index in [9.17, 15) is 10.0 Å². The number of hydrogen-bond donors (Lipinski definition) is 1. The second kappa shape index (κ2) is 6.51. The first kappa shape index (κ1) is 16.3. The highest BCUT2D eigenvalue weighted by atomic mass is 35.5. The topological polar surface area (TPSA) is 76.7 Å². The molecule has 0 fully saturated rings. The van der Waals surface area contributed by atoms with Gasteiger partial charge in [0, 0.05) is 23.2 Å². The van der Waals surface area contributed by atoms with Gasteiger partial charge in [-0.25, -0.2) is 4.99 Å². The minimum Gasteiger partial charge on any atom is -0.496 e. The van der Waals surface area contributed by atoms with E-state index >= 15 is 0 Å². The molecular weight excluding hydrogens is 353 g/mol. The number of pyridine rings is 2. The van der Waals surface area contributed by atoms with Crippen molar-refractivity contribution in [3.05, 3.63) is 64.0 Å². The number of carbonyl (C=O) groups is 1. The standard InChI is InChI=1S/C16H11Cl2N3O3/c1-24-14-3-2-10(11-6-19-5-4-9(11)14)16(22)20-15-12(17)7-21(23)8-13(15)18/h2-8,23H,1H3. The molecule has 0 unspecified atom stereocenters. The second-order valence-electron chi connectivity index (χ2n) is 4.84. The molecule has 2 heterocycles. The Morgan fingerprint density at radius 1 is 1.21 bits per heavy atom. The Labute approximate surface area is 146 Å². The van der Waals surface area contributed by atoms with Crippen LogP contribution in [0.1, 0.15) is 10.4 Å². The van der Waals surface area contributed by atoms with Gasteiger partial charge in [0.2, 0.25) is 0 Å². The molecule has 3 aromatic rings. The number of fused-ring (bicyclic) bond motifs is 1. The smallest absolute Gasteiger partial charge is 0.278 e. The van der Waals surface area contributed by atoms with Crippen molar-refractivity contribution in [3.8, 4) is 5.75 Å². The van der Waals surface area contributed by atoms with Crippen molar-refractivity contribution in [2.75, 3.05) is 7.11 Å². The normalized spacial score (nSPS) is 10.6. The van der Waals surface area contributed by atoms with Crippen molar-refractivity contribution in [3.63, 3.8) is 0 Å². The maximum atomic E-state index is 12.6. The lowest BCUT2D eigenvalue weighted by atomic mass is 10.1. The lowest BCUT2D eigenvalue weighted by Crippen LogP contribution is -2.12. The molecule has 0 saturated heterocycles. The predicted octanol–water partition coefficient (Wildman–Crippen LogP) is 3.33. The van der Waals surface area contributed by atoms with Gasteiger partial charge in [0.25, 0.3) is 5.91 Å². The fourth-order valence-electron chi connectivity index (χ4n) is 2.30. The third kappa shape index (κ3) is 2.93. The number of carbonyl (C=O) groups excluding carboxylic acids is 1. The summed E-state index contributed by atoms with van der Waals surface area (Å²) >= 11 is 12.0. The Hall–Kier alpha value is -2.57. The monoisotopic (exact) mass is 363 g/mol. The van der Waals surface area contributed by atoms with Gasteiger partial charge >= 0.3 is 0 Å². The number of nitrogens with zero attached hydrogens (tertiary/aromatic N) is 3. The highest BCUT2D eigenvalue weighted by Crippen LogP contribution is 2.28. The molecule has 0 saturated carbocycles. The summed E-state index contributed by atoms with van der Waals surface area (Å²) in [5.41, 5.74) is 0.340. The van der Waals surface area contributed by atoms with Gasteiger partial charge in [-0.3, -0.25) is 9.78 Å². The third-order valence-corrected chi connectivity index (χ3v) is 3.94. The van der Waals surface area contributed by atoms with Gasteiger partial charge in [0.05, 0.1) is 35.1 Å². The van der Waals surface area contributed by atoms with Crippen LogP contribution in [0.5, 0.6) is 5.75 Å². The minimum absolute atomic E-state index is 0.0503. The lowest BCUT2D eigenvalue weighted by molar-refractivity contribution is 0.0999. The summed E-state index contributed by atoms with van der Waals surface area (Å²) in [6, 6.07) is 5.04. The molecule has 0 atom stereocenters. The Balaban J connectivity index is 2.19. The second-order valence-corrected chi connectivity index (χ2v) is 5.65. The highest BCUT2D eigenvalue weighted by Gasteiger charge is 2.13. The molecule has 24 heavy (non-hydrogen) atoms. The summed E-state index contributed by atoms with van der Waals surface area (Å²) in [7, 11) is 1.55. The number of hydrogen-bond acceptors (Lipinski definition) is 4. The highest BCUT2D eigenvalue weighted by molar-refractivity contribution is 6.34. The number of halogens is 2. The SMILES string of the molecule is COc1ccc(C(=O)N=c2c(Cl)cn(O)cc2Cl)c2cnccc12. The molecule has 1 aromatic carbocycles. The van der Waals surface area contributed by atoms with Crippen LogP contribution >= 0.6 is 23.2 Å². The zero-order valence-corrected chi connectivity index (χ0v) is 13.9. The van der Waals surface area contributed by atoms with Crippen LogP contribution in [0.15, 0.2) is 48.0 Å². The Morgan fingerprint density at radius 3 is 2.58 bits per heavy atom. The molecule has 0 aliphatic rings. The molecular formula is C16H11Cl2N3O3. The molecule has 6 nitrogen and oxygen atoms in total. The van der Waals surface area contributed by atoms with Gasteiger partial charge in [-0.1, -0.05) is 23.2 Å². The molecule has 122 valence electrons. The largest absolute Gasteiger partial charge is 0.496 e. The predicted molar refractivity (Wildman–Crippen MR) is 89.8 cm³/mol. The first-order valence-electron chi connectivity index (χ1n) is 6.77. The van der Waals surface area contributed by atoms with E-state index in [2.05, 4.69) is 9.98 Å². The van der Waals surface area contributed by atoms with Gasteiger partial charge in [-0.15, -0.1) is 0 Å². The first-order chi connectivity index (χ1) is 11.5. The van der Waals surface area contributed by atoms with Gasteiger partial charge in [0.15, 0.2) is 0 Å². The number of ether oxygens (including phenoxy) is 1. The van der Waals surface area contributed by atoms with E-state index < -0.39 is 5.91 Å². The van der Waals surface area contributed by atoms with E-state index in [0.29, 0.717) is 21.4 Å². The van der Waals surface area contributed by atoms with Crippen molar-refractivity contribution in [2.24, 2.45) is 4.99 Å². The maximum Gasteiger partial charge on any atom is 0.278 e. The summed E-state index contributed by atoms with van der Waals surface area (Å²) in [4.78, 5) is 20.6. The fraction of sp³-hybridized carbons (Fsp3) is 0.0625. The van der Waals surface area contributed by atoms with Crippen LogP contribution in [0.2, 0.25) is 10.0 Å². The van der Waals surface area contributed by atoms with E-state index in [4.69, 9.17) is 27.9 Å². The summed E-state index contributed by atoms with van der Waals surface area (Å²) < 4.78 is 5.98. The number of benzene rings is 1. The van der Waals surface area contributed by atoms with Gasteiger partial charge in [-0.2, -0.15) is 4.73 Å². The molecule has 0 bridgehead atoms. The van der Waals surface area contributed by atoms with Crippen LogP contribution in [-0.2, 0) is 0 Å². The molecule has 0 spiro atoms. The van der Waals surface area contributed by atoms with Crippen molar-refractivity contribution >= 4 is 39.9 Å². The number of methoxy groups -OCH3 is 1. The lowest BCUT2D eigenvalue weighted by Gasteiger charge is -2.08. The molecule has 8 heteroatoms. The van der Waals surface area contributed by atoms with Crippen LogP contribution in [0.4, 0.5) is 0 Å².